The van der Waals surface area contributed by atoms with Gasteiger partial charge in [0.15, 0.2) is 0 Å². The molecule has 0 aliphatic carbocycles. The average Bonchev–Trinajstić information content (AvgIpc) is 2.83. The molecule has 0 unspecified atom stereocenters. The van der Waals surface area contributed by atoms with E-state index in [0.717, 1.165) is 32.7 Å². The highest BCUT2D eigenvalue weighted by molar-refractivity contribution is 7.98. The fraction of sp³-hybridized carbons (Fsp3) is 0.167. The molecule has 23 heavy (non-hydrogen) atoms. The molecular formula is C18H17FN2OS. The first-order valence-electron chi connectivity index (χ1n) is 7.28. The van der Waals surface area contributed by atoms with Gasteiger partial charge in [-0.1, -0.05) is 12.1 Å². The fourth-order valence-electron chi connectivity index (χ4n) is 2.69. The van der Waals surface area contributed by atoms with Crippen LogP contribution in [0.1, 0.15) is 11.3 Å². The minimum atomic E-state index is -0.300. The van der Waals surface area contributed by atoms with Crippen molar-refractivity contribution in [3.8, 4) is 0 Å². The number of H-pyrrole nitrogens is 1. The Hall–Kier alpha value is -2.27. The Balaban J connectivity index is 1.86. The highest BCUT2D eigenvalue weighted by Crippen LogP contribution is 2.26. The zero-order valence-electron chi connectivity index (χ0n) is 12.9. The number of hydrogen-bond donors (Lipinski definition) is 2. The lowest BCUT2D eigenvalue weighted by Gasteiger charge is -2.09. The number of halogens is 1. The van der Waals surface area contributed by atoms with E-state index in [1.165, 1.54) is 12.1 Å². The number of nitrogens with one attached hydrogen (secondary N) is 2. The SMILES string of the molecule is CSc1ccccc1NC(=O)Cc1c(C)[nH]c2ccc(F)cc12. The predicted octanol–water partition coefficient (Wildman–Crippen LogP) is 4.52. The van der Waals surface area contributed by atoms with Gasteiger partial charge in [0.05, 0.1) is 12.1 Å². The van der Waals surface area contributed by atoms with Crippen LogP contribution in [0.25, 0.3) is 10.9 Å². The quantitative estimate of drug-likeness (QED) is 0.692. The second-order valence-electron chi connectivity index (χ2n) is 5.34. The number of anilines is 1. The summed E-state index contributed by atoms with van der Waals surface area (Å²) in [6, 6.07) is 12.3. The van der Waals surface area contributed by atoms with Crippen molar-refractivity contribution in [3.63, 3.8) is 0 Å². The van der Waals surface area contributed by atoms with Crippen molar-refractivity contribution in [2.24, 2.45) is 0 Å². The third kappa shape index (κ3) is 3.24. The normalized spacial score (nSPS) is 10.9. The minimum absolute atomic E-state index is 0.111. The Morgan fingerprint density at radius 1 is 1.26 bits per heavy atom. The third-order valence-corrected chi connectivity index (χ3v) is 4.60. The Labute approximate surface area is 138 Å². The highest BCUT2D eigenvalue weighted by atomic mass is 32.2. The Morgan fingerprint density at radius 3 is 2.83 bits per heavy atom. The summed E-state index contributed by atoms with van der Waals surface area (Å²) in [5, 5.41) is 3.70. The van der Waals surface area contributed by atoms with Crippen LogP contribution in [-0.2, 0) is 11.2 Å². The maximum atomic E-state index is 13.5. The molecule has 3 nitrogen and oxygen atoms in total. The summed E-state index contributed by atoms with van der Waals surface area (Å²) in [6.45, 7) is 1.90. The highest BCUT2D eigenvalue weighted by Gasteiger charge is 2.14. The van der Waals surface area contributed by atoms with Crippen LogP contribution in [-0.4, -0.2) is 17.1 Å². The largest absolute Gasteiger partial charge is 0.358 e. The molecule has 1 aromatic heterocycles. The lowest BCUT2D eigenvalue weighted by molar-refractivity contribution is -0.115. The summed E-state index contributed by atoms with van der Waals surface area (Å²) in [6.07, 6.45) is 2.18. The van der Waals surface area contributed by atoms with E-state index >= 15 is 0 Å². The Bertz CT molecular complexity index is 873. The van der Waals surface area contributed by atoms with Crippen LogP contribution in [0.15, 0.2) is 47.4 Å². The molecule has 0 atom stereocenters. The van der Waals surface area contributed by atoms with E-state index in [2.05, 4.69) is 10.3 Å². The second-order valence-corrected chi connectivity index (χ2v) is 6.19. The molecule has 1 amide bonds. The smallest absolute Gasteiger partial charge is 0.228 e. The number of hydrogen-bond acceptors (Lipinski definition) is 2. The molecule has 3 rings (SSSR count). The van der Waals surface area contributed by atoms with E-state index in [1.807, 2.05) is 37.4 Å². The molecule has 118 valence electrons. The number of aryl methyl sites for hydroxylation is 1. The van der Waals surface area contributed by atoms with Gasteiger partial charge in [0.1, 0.15) is 5.82 Å². The first-order valence-corrected chi connectivity index (χ1v) is 8.50. The molecule has 0 radical (unpaired) electrons. The molecule has 0 aliphatic heterocycles. The van der Waals surface area contributed by atoms with Crippen molar-refractivity contribution in [1.29, 1.82) is 0 Å². The van der Waals surface area contributed by atoms with Crippen LogP contribution >= 0.6 is 11.8 Å². The van der Waals surface area contributed by atoms with E-state index in [4.69, 9.17) is 0 Å². The standard InChI is InChI=1S/C18H17FN2OS/c1-11-13(14-9-12(19)7-8-15(14)20-11)10-18(22)21-16-5-3-4-6-17(16)23-2/h3-9,20H,10H2,1-2H3,(H,21,22). The van der Waals surface area contributed by atoms with Crippen molar-refractivity contribution >= 4 is 34.3 Å². The van der Waals surface area contributed by atoms with Gasteiger partial charge >= 0.3 is 0 Å². The number of carbonyl (C=O) groups excluding carboxylic acids is 1. The lowest BCUT2D eigenvalue weighted by Crippen LogP contribution is -2.15. The van der Waals surface area contributed by atoms with Gasteiger partial charge in [0.2, 0.25) is 5.91 Å². The van der Waals surface area contributed by atoms with Crippen molar-refractivity contribution < 1.29 is 9.18 Å². The van der Waals surface area contributed by atoms with E-state index in [1.54, 1.807) is 17.8 Å². The zero-order chi connectivity index (χ0) is 16.4. The number of rotatable bonds is 4. The van der Waals surface area contributed by atoms with E-state index < -0.39 is 0 Å². The topological polar surface area (TPSA) is 44.9 Å². The van der Waals surface area contributed by atoms with Gasteiger partial charge in [-0.2, -0.15) is 0 Å². The number of aromatic amines is 1. The zero-order valence-corrected chi connectivity index (χ0v) is 13.8. The maximum absolute atomic E-state index is 13.5. The second kappa shape index (κ2) is 6.46. The summed E-state index contributed by atoms with van der Waals surface area (Å²) in [7, 11) is 0. The van der Waals surface area contributed by atoms with Crippen molar-refractivity contribution in [2.75, 3.05) is 11.6 Å². The van der Waals surface area contributed by atoms with Crippen LogP contribution in [0.2, 0.25) is 0 Å². The van der Waals surface area contributed by atoms with Gasteiger partial charge in [-0.15, -0.1) is 11.8 Å². The van der Waals surface area contributed by atoms with Gasteiger partial charge in [0, 0.05) is 21.5 Å². The first kappa shape index (κ1) is 15.6. The fourth-order valence-corrected chi connectivity index (χ4v) is 3.24. The molecule has 0 spiro atoms. The molecule has 3 aromatic rings. The molecule has 2 N–H and O–H groups in total. The summed E-state index contributed by atoms with van der Waals surface area (Å²) in [4.78, 5) is 16.6. The van der Waals surface area contributed by atoms with E-state index in [9.17, 15) is 9.18 Å². The Kier molecular flexibility index (Phi) is 4.39. The van der Waals surface area contributed by atoms with Crippen LogP contribution in [0.3, 0.4) is 0 Å². The van der Waals surface area contributed by atoms with E-state index in [-0.39, 0.29) is 18.1 Å². The van der Waals surface area contributed by atoms with Crippen molar-refractivity contribution in [1.82, 2.24) is 4.98 Å². The molecule has 0 bridgehead atoms. The van der Waals surface area contributed by atoms with Crippen molar-refractivity contribution in [2.45, 2.75) is 18.2 Å². The van der Waals surface area contributed by atoms with E-state index in [0.29, 0.717) is 0 Å². The van der Waals surface area contributed by atoms with Gasteiger partial charge < -0.3 is 10.3 Å². The molecular weight excluding hydrogens is 311 g/mol. The number of para-hydroxylation sites is 1. The van der Waals surface area contributed by atoms with Crippen LogP contribution < -0.4 is 5.32 Å². The molecule has 1 heterocycles. The molecule has 2 aromatic carbocycles. The summed E-state index contributed by atoms with van der Waals surface area (Å²) in [5.74, 6) is -0.411. The lowest BCUT2D eigenvalue weighted by atomic mass is 10.1. The van der Waals surface area contributed by atoms with Crippen molar-refractivity contribution in [3.05, 3.63) is 59.5 Å². The third-order valence-electron chi connectivity index (χ3n) is 3.80. The van der Waals surface area contributed by atoms with Gasteiger partial charge in [0.25, 0.3) is 0 Å². The van der Waals surface area contributed by atoms with Crippen LogP contribution in [0.5, 0.6) is 0 Å². The number of benzene rings is 2. The average molecular weight is 328 g/mol. The number of carbonyl (C=O) groups is 1. The minimum Gasteiger partial charge on any atom is -0.358 e. The predicted molar refractivity (Wildman–Crippen MR) is 93.6 cm³/mol. The Morgan fingerprint density at radius 2 is 2.04 bits per heavy atom. The molecule has 0 fully saturated rings. The number of fused-ring (bicyclic) bond motifs is 1. The summed E-state index contributed by atoms with van der Waals surface area (Å²) < 4.78 is 13.5. The van der Waals surface area contributed by atoms with Gasteiger partial charge in [-0.3, -0.25) is 4.79 Å². The number of aromatic nitrogens is 1. The summed E-state index contributed by atoms with van der Waals surface area (Å²) >= 11 is 1.58. The number of thioether (sulfide) groups is 1. The van der Waals surface area contributed by atoms with Gasteiger partial charge in [-0.25, -0.2) is 4.39 Å². The number of amides is 1. The molecule has 0 saturated carbocycles. The van der Waals surface area contributed by atoms with Crippen LogP contribution in [0.4, 0.5) is 10.1 Å². The molecule has 0 saturated heterocycles. The van der Waals surface area contributed by atoms with Crippen LogP contribution in [0, 0.1) is 12.7 Å². The monoisotopic (exact) mass is 328 g/mol. The van der Waals surface area contributed by atoms with Gasteiger partial charge in [-0.05, 0) is 49.1 Å². The first-order chi connectivity index (χ1) is 11.1. The maximum Gasteiger partial charge on any atom is 0.228 e. The summed E-state index contributed by atoms with van der Waals surface area (Å²) in [5.41, 5.74) is 3.36. The molecule has 0 aliphatic rings. The molecule has 5 heteroatoms.